The Hall–Kier alpha value is -2.23. The van der Waals surface area contributed by atoms with Crippen LogP contribution in [0.1, 0.15) is 55.8 Å². The molecule has 180 valence electrons. The average Bonchev–Trinajstić information content (AvgIpc) is 3.07. The van der Waals surface area contributed by atoms with E-state index in [1.54, 1.807) is 6.07 Å². The molecular formula is C24H34N4O4S. The highest BCUT2D eigenvalue weighted by atomic mass is 32.2. The fourth-order valence-electron chi connectivity index (χ4n) is 4.88. The summed E-state index contributed by atoms with van der Waals surface area (Å²) in [5.41, 5.74) is 0.264. The van der Waals surface area contributed by atoms with Gasteiger partial charge in [0.05, 0.1) is 10.5 Å². The van der Waals surface area contributed by atoms with Crippen molar-refractivity contribution in [2.45, 2.75) is 50.3 Å². The standard InChI is InChI=1S/C24H34N4O4S/c1-18-7-6-13-28(17-18)33(31,32)19-8-9-22-20(15-19)21(16-23(29)26-22)24(30)25-10-14-27-11-4-2-3-5-12-27/h8-9,15-16,18H,2-7,10-14,17H2,1H3,(H,25,30)(H,26,29). The molecule has 2 aromatic rings. The number of piperidine rings is 1. The van der Waals surface area contributed by atoms with Crippen molar-refractivity contribution >= 4 is 26.8 Å². The van der Waals surface area contributed by atoms with Crippen molar-refractivity contribution in [3.63, 3.8) is 0 Å². The van der Waals surface area contributed by atoms with Crippen LogP contribution in [0.5, 0.6) is 0 Å². The lowest BCUT2D eigenvalue weighted by atomic mass is 10.0. The first-order valence-electron chi connectivity index (χ1n) is 12.0. The zero-order chi connectivity index (χ0) is 23.4. The lowest BCUT2D eigenvalue weighted by Gasteiger charge is -2.30. The van der Waals surface area contributed by atoms with Crippen molar-refractivity contribution in [3.05, 3.63) is 40.2 Å². The lowest BCUT2D eigenvalue weighted by molar-refractivity contribution is 0.0950. The molecule has 4 rings (SSSR count). The van der Waals surface area contributed by atoms with Crippen LogP contribution in [0.3, 0.4) is 0 Å². The Morgan fingerprint density at radius 3 is 2.58 bits per heavy atom. The second-order valence-corrected chi connectivity index (χ2v) is 11.3. The SMILES string of the molecule is CC1CCCN(S(=O)(=O)c2ccc3[nH]c(=O)cc(C(=O)NCCN4CCCCCC4)c3c2)C1. The summed E-state index contributed by atoms with van der Waals surface area (Å²) < 4.78 is 28.0. The minimum absolute atomic E-state index is 0.148. The highest BCUT2D eigenvalue weighted by molar-refractivity contribution is 7.89. The van der Waals surface area contributed by atoms with Gasteiger partial charge in [-0.15, -0.1) is 0 Å². The molecule has 0 aliphatic carbocycles. The van der Waals surface area contributed by atoms with E-state index in [2.05, 4.69) is 22.1 Å². The number of carbonyl (C=O) groups excluding carboxylic acids is 1. The van der Waals surface area contributed by atoms with Crippen LogP contribution in [-0.2, 0) is 10.0 Å². The largest absolute Gasteiger partial charge is 0.351 e. The molecule has 1 atom stereocenters. The van der Waals surface area contributed by atoms with E-state index in [0.29, 0.717) is 36.5 Å². The maximum atomic E-state index is 13.2. The number of nitrogens with one attached hydrogen (secondary N) is 2. The van der Waals surface area contributed by atoms with Crippen molar-refractivity contribution in [3.8, 4) is 0 Å². The Kier molecular flexibility index (Phi) is 7.51. The fraction of sp³-hybridized carbons (Fsp3) is 0.583. The lowest BCUT2D eigenvalue weighted by Crippen LogP contribution is -2.39. The molecule has 2 aliphatic heterocycles. The van der Waals surface area contributed by atoms with Crippen molar-refractivity contribution in [1.82, 2.24) is 19.5 Å². The summed E-state index contributed by atoms with van der Waals surface area (Å²) in [7, 11) is -3.67. The van der Waals surface area contributed by atoms with Gasteiger partial charge < -0.3 is 15.2 Å². The highest BCUT2D eigenvalue weighted by Gasteiger charge is 2.29. The van der Waals surface area contributed by atoms with Gasteiger partial charge >= 0.3 is 0 Å². The van der Waals surface area contributed by atoms with Gasteiger partial charge in [-0.3, -0.25) is 9.59 Å². The molecule has 1 amide bonds. The minimum atomic E-state index is -3.67. The maximum absolute atomic E-state index is 13.2. The summed E-state index contributed by atoms with van der Waals surface area (Å²) >= 11 is 0. The van der Waals surface area contributed by atoms with Gasteiger partial charge in [0, 0.05) is 43.1 Å². The number of benzene rings is 1. The Balaban J connectivity index is 1.56. The monoisotopic (exact) mass is 474 g/mol. The number of hydrogen-bond donors (Lipinski definition) is 2. The summed E-state index contributed by atoms with van der Waals surface area (Å²) in [6.45, 7) is 6.38. The number of rotatable bonds is 6. The summed E-state index contributed by atoms with van der Waals surface area (Å²) in [6.07, 6.45) is 6.73. The number of aromatic amines is 1. The maximum Gasteiger partial charge on any atom is 0.252 e. The molecule has 2 fully saturated rings. The molecule has 1 aromatic carbocycles. The van der Waals surface area contributed by atoms with Crippen LogP contribution in [0.25, 0.3) is 10.9 Å². The number of H-pyrrole nitrogens is 1. The smallest absolute Gasteiger partial charge is 0.252 e. The Labute approximate surface area is 195 Å². The Morgan fingerprint density at radius 2 is 1.85 bits per heavy atom. The number of likely N-dealkylation sites (tertiary alicyclic amines) is 1. The summed E-state index contributed by atoms with van der Waals surface area (Å²) in [5.74, 6) is -0.0436. The zero-order valence-corrected chi connectivity index (χ0v) is 20.1. The zero-order valence-electron chi connectivity index (χ0n) is 19.3. The number of sulfonamides is 1. The van der Waals surface area contributed by atoms with Crippen molar-refractivity contribution in [2.24, 2.45) is 5.92 Å². The van der Waals surface area contributed by atoms with Gasteiger partial charge in [-0.2, -0.15) is 4.31 Å². The van der Waals surface area contributed by atoms with E-state index in [1.165, 1.54) is 48.2 Å². The molecule has 1 unspecified atom stereocenters. The summed E-state index contributed by atoms with van der Waals surface area (Å²) in [6, 6.07) is 5.85. The van der Waals surface area contributed by atoms with Crippen LogP contribution in [0, 0.1) is 5.92 Å². The molecule has 2 N–H and O–H groups in total. The number of carbonyl (C=O) groups is 1. The first-order valence-corrected chi connectivity index (χ1v) is 13.5. The van der Waals surface area contributed by atoms with E-state index in [4.69, 9.17) is 0 Å². The van der Waals surface area contributed by atoms with E-state index in [0.717, 1.165) is 32.5 Å². The predicted molar refractivity (Wildman–Crippen MR) is 129 cm³/mol. The molecule has 33 heavy (non-hydrogen) atoms. The summed E-state index contributed by atoms with van der Waals surface area (Å²) in [5, 5.41) is 3.36. The third-order valence-corrected chi connectivity index (χ3v) is 8.59. The fourth-order valence-corrected chi connectivity index (χ4v) is 6.50. The average molecular weight is 475 g/mol. The van der Waals surface area contributed by atoms with E-state index >= 15 is 0 Å². The number of amides is 1. The summed E-state index contributed by atoms with van der Waals surface area (Å²) in [4.78, 5) is 30.4. The molecule has 0 spiro atoms. The van der Waals surface area contributed by atoms with Crippen molar-refractivity contribution < 1.29 is 13.2 Å². The van der Waals surface area contributed by atoms with Crippen LogP contribution in [0.4, 0.5) is 0 Å². The molecule has 0 bridgehead atoms. The van der Waals surface area contributed by atoms with E-state index in [-0.39, 0.29) is 21.9 Å². The number of fused-ring (bicyclic) bond motifs is 1. The molecule has 2 aliphatic rings. The highest BCUT2D eigenvalue weighted by Crippen LogP contribution is 2.26. The van der Waals surface area contributed by atoms with Gasteiger partial charge in [0.25, 0.3) is 5.91 Å². The van der Waals surface area contributed by atoms with Gasteiger partial charge in [0.1, 0.15) is 0 Å². The van der Waals surface area contributed by atoms with Gasteiger partial charge in [-0.25, -0.2) is 8.42 Å². The van der Waals surface area contributed by atoms with Gasteiger partial charge in [-0.1, -0.05) is 19.8 Å². The quantitative estimate of drug-likeness (QED) is 0.670. The topological polar surface area (TPSA) is 103 Å². The molecular weight excluding hydrogens is 440 g/mol. The third-order valence-electron chi connectivity index (χ3n) is 6.73. The van der Waals surface area contributed by atoms with Crippen LogP contribution in [0.2, 0.25) is 0 Å². The van der Waals surface area contributed by atoms with Crippen molar-refractivity contribution in [1.29, 1.82) is 0 Å². The molecule has 9 heteroatoms. The normalized spacial score (nSPS) is 21.1. The van der Waals surface area contributed by atoms with Gasteiger partial charge in [0.2, 0.25) is 15.6 Å². The second kappa shape index (κ2) is 10.4. The molecule has 0 radical (unpaired) electrons. The van der Waals surface area contributed by atoms with Gasteiger partial charge in [-0.05, 0) is 62.9 Å². The number of hydrogen-bond acceptors (Lipinski definition) is 5. The number of nitrogens with zero attached hydrogens (tertiary/aromatic N) is 2. The second-order valence-electron chi connectivity index (χ2n) is 9.38. The number of aromatic nitrogens is 1. The van der Waals surface area contributed by atoms with Crippen LogP contribution in [0.15, 0.2) is 34.0 Å². The molecule has 8 nitrogen and oxygen atoms in total. The predicted octanol–water partition coefficient (Wildman–Crippen LogP) is 2.55. The molecule has 0 saturated carbocycles. The van der Waals surface area contributed by atoms with E-state index in [1.807, 2.05) is 0 Å². The van der Waals surface area contributed by atoms with Crippen LogP contribution < -0.4 is 10.9 Å². The Bertz CT molecular complexity index is 1150. The minimum Gasteiger partial charge on any atom is -0.351 e. The van der Waals surface area contributed by atoms with Gasteiger partial charge in [0.15, 0.2) is 0 Å². The van der Waals surface area contributed by atoms with E-state index < -0.39 is 10.0 Å². The van der Waals surface area contributed by atoms with E-state index in [9.17, 15) is 18.0 Å². The molecule has 1 aromatic heterocycles. The first kappa shape index (κ1) is 23.9. The van der Waals surface area contributed by atoms with Crippen molar-refractivity contribution in [2.75, 3.05) is 39.3 Å². The Morgan fingerprint density at radius 1 is 1.09 bits per heavy atom. The van der Waals surface area contributed by atoms with Crippen LogP contribution in [-0.4, -0.2) is 67.8 Å². The molecule has 3 heterocycles. The van der Waals surface area contributed by atoms with Crippen LogP contribution >= 0.6 is 0 Å². The molecule has 2 saturated heterocycles. The first-order chi connectivity index (χ1) is 15.8. The third kappa shape index (κ3) is 5.65. The number of pyridine rings is 1.